The monoisotopic (exact) mass is 383 g/mol. The van der Waals surface area contributed by atoms with E-state index in [9.17, 15) is 9.59 Å². The second kappa shape index (κ2) is 7.59. The number of aromatic nitrogens is 3. The largest absolute Gasteiger partial charge is 0.326 e. The van der Waals surface area contributed by atoms with Crippen molar-refractivity contribution in [2.45, 2.75) is 20.8 Å². The van der Waals surface area contributed by atoms with Crippen molar-refractivity contribution in [1.82, 2.24) is 15.0 Å². The van der Waals surface area contributed by atoms with Crippen molar-refractivity contribution >= 4 is 34.8 Å². The molecule has 0 aliphatic carbocycles. The number of aryl methyl sites for hydroxylation is 1. The number of carbonyl (C=O) groups excluding carboxylic acids is 2. The van der Waals surface area contributed by atoms with E-state index in [-0.39, 0.29) is 11.6 Å². The van der Waals surface area contributed by atoms with Crippen LogP contribution in [-0.4, -0.2) is 26.8 Å². The number of nitrogens with zero attached hydrogens (tertiary/aromatic N) is 3. The Morgan fingerprint density at radius 3 is 2.56 bits per heavy atom. The fourth-order valence-corrected chi connectivity index (χ4v) is 2.79. The Kier molecular flexibility index (Phi) is 5.23. The van der Waals surface area contributed by atoms with Gasteiger partial charge >= 0.3 is 0 Å². The molecule has 1 aromatic heterocycles. The van der Waals surface area contributed by atoms with Gasteiger partial charge in [0.2, 0.25) is 5.91 Å². The van der Waals surface area contributed by atoms with Crippen LogP contribution in [-0.2, 0) is 4.79 Å². The van der Waals surface area contributed by atoms with E-state index in [1.807, 2.05) is 31.2 Å². The molecule has 0 bridgehead atoms. The molecule has 27 heavy (non-hydrogen) atoms. The molecule has 0 aliphatic rings. The summed E-state index contributed by atoms with van der Waals surface area (Å²) in [6, 6.07) is 12.6. The van der Waals surface area contributed by atoms with Crippen molar-refractivity contribution in [2.24, 2.45) is 0 Å². The molecular formula is C19H18ClN5O2. The molecule has 0 unspecified atom stereocenters. The van der Waals surface area contributed by atoms with Gasteiger partial charge in [-0.1, -0.05) is 28.9 Å². The van der Waals surface area contributed by atoms with E-state index in [4.69, 9.17) is 11.6 Å². The minimum atomic E-state index is -0.437. The molecule has 0 radical (unpaired) electrons. The summed E-state index contributed by atoms with van der Waals surface area (Å²) in [5.74, 6) is -0.653. The molecule has 0 saturated heterocycles. The quantitative estimate of drug-likeness (QED) is 0.718. The molecule has 0 atom stereocenters. The lowest BCUT2D eigenvalue weighted by Crippen LogP contribution is -2.15. The number of halogens is 1. The molecule has 0 saturated carbocycles. The first-order chi connectivity index (χ1) is 12.8. The Bertz CT molecular complexity index is 1030. The van der Waals surface area contributed by atoms with Crippen molar-refractivity contribution in [3.8, 4) is 5.69 Å². The van der Waals surface area contributed by atoms with E-state index < -0.39 is 5.91 Å². The van der Waals surface area contributed by atoms with Gasteiger partial charge in [0.25, 0.3) is 5.91 Å². The van der Waals surface area contributed by atoms with Crippen molar-refractivity contribution in [3.05, 3.63) is 64.4 Å². The third kappa shape index (κ3) is 4.15. The number of rotatable bonds is 4. The summed E-state index contributed by atoms with van der Waals surface area (Å²) in [7, 11) is 0. The van der Waals surface area contributed by atoms with Crippen molar-refractivity contribution in [3.63, 3.8) is 0 Å². The van der Waals surface area contributed by atoms with Crippen molar-refractivity contribution in [2.75, 3.05) is 10.6 Å². The topological polar surface area (TPSA) is 88.9 Å². The van der Waals surface area contributed by atoms with Crippen LogP contribution in [0, 0.1) is 13.8 Å². The molecule has 0 spiro atoms. The molecule has 8 heteroatoms. The van der Waals surface area contributed by atoms with Crippen LogP contribution in [0.3, 0.4) is 0 Å². The zero-order valence-electron chi connectivity index (χ0n) is 15.1. The van der Waals surface area contributed by atoms with Crippen LogP contribution in [0.1, 0.15) is 28.7 Å². The maximum absolute atomic E-state index is 12.7. The molecule has 2 N–H and O–H groups in total. The van der Waals surface area contributed by atoms with Crippen LogP contribution in [0.15, 0.2) is 42.5 Å². The molecule has 3 rings (SSSR count). The minimum Gasteiger partial charge on any atom is -0.326 e. The van der Waals surface area contributed by atoms with E-state index in [1.54, 1.807) is 29.8 Å². The maximum Gasteiger partial charge on any atom is 0.278 e. The van der Waals surface area contributed by atoms with E-state index in [1.165, 1.54) is 6.92 Å². The van der Waals surface area contributed by atoms with Crippen LogP contribution in [0.2, 0.25) is 5.02 Å². The van der Waals surface area contributed by atoms with Crippen LogP contribution < -0.4 is 10.6 Å². The summed E-state index contributed by atoms with van der Waals surface area (Å²) in [4.78, 5) is 23.9. The van der Waals surface area contributed by atoms with E-state index in [0.29, 0.717) is 22.1 Å². The van der Waals surface area contributed by atoms with Crippen molar-refractivity contribution < 1.29 is 9.59 Å². The molecule has 3 aromatic rings. The predicted molar refractivity (Wildman–Crippen MR) is 105 cm³/mol. The van der Waals surface area contributed by atoms with Gasteiger partial charge in [0.15, 0.2) is 5.69 Å². The second-order valence-electron chi connectivity index (χ2n) is 6.10. The third-order valence-corrected chi connectivity index (χ3v) is 4.22. The molecule has 2 aromatic carbocycles. The van der Waals surface area contributed by atoms with Gasteiger partial charge in [0, 0.05) is 12.6 Å². The lowest BCUT2D eigenvalue weighted by atomic mass is 10.2. The van der Waals surface area contributed by atoms with Gasteiger partial charge < -0.3 is 10.6 Å². The van der Waals surface area contributed by atoms with Crippen LogP contribution in [0.25, 0.3) is 5.69 Å². The Hall–Kier alpha value is -3.19. The van der Waals surface area contributed by atoms with Gasteiger partial charge in [-0.05, 0) is 49.7 Å². The van der Waals surface area contributed by atoms with Gasteiger partial charge in [0.1, 0.15) is 0 Å². The first kappa shape index (κ1) is 18.6. The molecular weight excluding hydrogens is 366 g/mol. The maximum atomic E-state index is 12.7. The van der Waals surface area contributed by atoms with E-state index in [0.717, 1.165) is 11.3 Å². The Morgan fingerprint density at radius 1 is 1.07 bits per heavy atom. The molecule has 1 heterocycles. The SMILES string of the molecule is CC(=O)Nc1ccc(Cl)c(NC(=O)c2nnn(-c3cccc(C)c3)c2C)c1. The molecule has 138 valence electrons. The average Bonchev–Trinajstić information content (AvgIpc) is 2.99. The number of anilines is 2. The Labute approximate surface area is 161 Å². The zero-order chi connectivity index (χ0) is 19.6. The van der Waals surface area contributed by atoms with E-state index >= 15 is 0 Å². The molecule has 2 amide bonds. The fourth-order valence-electron chi connectivity index (χ4n) is 2.63. The Balaban J connectivity index is 1.86. The highest BCUT2D eigenvalue weighted by molar-refractivity contribution is 6.34. The third-order valence-electron chi connectivity index (χ3n) is 3.89. The van der Waals surface area contributed by atoms with Gasteiger partial charge in [0.05, 0.1) is 22.1 Å². The number of amides is 2. The normalized spacial score (nSPS) is 10.5. The highest BCUT2D eigenvalue weighted by Crippen LogP contribution is 2.26. The first-order valence-corrected chi connectivity index (χ1v) is 8.61. The summed E-state index contributed by atoms with van der Waals surface area (Å²) in [5, 5.41) is 13.8. The molecule has 0 aliphatic heterocycles. The molecule has 0 fully saturated rings. The average molecular weight is 384 g/mol. The highest BCUT2D eigenvalue weighted by atomic mass is 35.5. The van der Waals surface area contributed by atoms with Gasteiger partial charge in [-0.3, -0.25) is 9.59 Å². The zero-order valence-corrected chi connectivity index (χ0v) is 15.8. The van der Waals surface area contributed by atoms with Crippen LogP contribution in [0.4, 0.5) is 11.4 Å². The number of hydrogen-bond acceptors (Lipinski definition) is 4. The van der Waals surface area contributed by atoms with Gasteiger partial charge in [-0.2, -0.15) is 0 Å². The van der Waals surface area contributed by atoms with E-state index in [2.05, 4.69) is 20.9 Å². The number of hydrogen-bond donors (Lipinski definition) is 2. The lowest BCUT2D eigenvalue weighted by molar-refractivity contribution is -0.114. The number of carbonyl (C=O) groups is 2. The van der Waals surface area contributed by atoms with Gasteiger partial charge in [-0.25, -0.2) is 4.68 Å². The highest BCUT2D eigenvalue weighted by Gasteiger charge is 2.18. The summed E-state index contributed by atoms with van der Waals surface area (Å²) < 4.78 is 1.61. The molecule has 7 nitrogen and oxygen atoms in total. The summed E-state index contributed by atoms with van der Waals surface area (Å²) >= 11 is 6.15. The fraction of sp³-hybridized carbons (Fsp3) is 0.158. The summed E-state index contributed by atoms with van der Waals surface area (Å²) in [6.45, 7) is 5.15. The summed E-state index contributed by atoms with van der Waals surface area (Å²) in [5.41, 5.74) is 3.60. The second-order valence-corrected chi connectivity index (χ2v) is 6.51. The minimum absolute atomic E-state index is 0.192. The number of benzene rings is 2. The number of nitrogens with one attached hydrogen (secondary N) is 2. The lowest BCUT2D eigenvalue weighted by Gasteiger charge is -2.09. The summed E-state index contributed by atoms with van der Waals surface area (Å²) in [6.07, 6.45) is 0. The van der Waals surface area contributed by atoms with Crippen molar-refractivity contribution in [1.29, 1.82) is 0 Å². The standard InChI is InChI=1S/C19H18ClN5O2/c1-11-5-4-6-15(9-11)25-12(2)18(23-24-25)19(27)22-17-10-14(21-13(3)26)7-8-16(17)20/h4-10H,1-3H3,(H,21,26)(H,22,27). The van der Waals surface area contributed by atoms with Crippen LogP contribution >= 0.6 is 11.6 Å². The predicted octanol–water partition coefficient (Wildman–Crippen LogP) is 3.75. The Morgan fingerprint density at radius 2 is 1.85 bits per heavy atom. The first-order valence-electron chi connectivity index (χ1n) is 8.23. The van der Waals surface area contributed by atoms with Gasteiger partial charge in [-0.15, -0.1) is 5.10 Å². The smallest absolute Gasteiger partial charge is 0.278 e. The van der Waals surface area contributed by atoms with Crippen LogP contribution in [0.5, 0.6) is 0 Å².